The molecule has 2 heterocycles. The fourth-order valence-electron chi connectivity index (χ4n) is 3.10. The van der Waals surface area contributed by atoms with Crippen LogP contribution in [0.25, 0.3) is 5.57 Å². The Morgan fingerprint density at radius 1 is 1.47 bits per heavy atom. The quantitative estimate of drug-likeness (QED) is 0.613. The van der Waals surface area contributed by atoms with Crippen molar-refractivity contribution in [1.29, 1.82) is 0 Å². The van der Waals surface area contributed by atoms with E-state index in [0.29, 0.717) is 23.7 Å². The van der Waals surface area contributed by atoms with Crippen molar-refractivity contribution in [2.24, 2.45) is 15.7 Å². The molecule has 3 rings (SSSR count). The zero-order chi connectivity index (χ0) is 21.7. The van der Waals surface area contributed by atoms with E-state index in [4.69, 9.17) is 26.8 Å². The second-order valence-corrected chi connectivity index (χ2v) is 8.22. The topological polar surface area (TPSA) is 102 Å². The highest BCUT2D eigenvalue weighted by atomic mass is 35.5. The minimum Gasteiger partial charge on any atom is -0.462 e. The molecule has 1 aromatic carbocycles. The minimum absolute atomic E-state index is 0.00885. The molecule has 0 radical (unpaired) electrons. The van der Waals surface area contributed by atoms with Crippen LogP contribution in [0.3, 0.4) is 0 Å². The number of nitrogens with one attached hydrogen (secondary N) is 1. The molecule has 9 heteroatoms. The molecule has 162 valence electrons. The monoisotopic (exact) mass is 433 g/mol. The van der Waals surface area contributed by atoms with Gasteiger partial charge in [-0.1, -0.05) is 23.7 Å². The first kappa shape index (κ1) is 22.3. The van der Waals surface area contributed by atoms with Gasteiger partial charge >= 0.3 is 0 Å². The van der Waals surface area contributed by atoms with E-state index >= 15 is 0 Å². The van der Waals surface area contributed by atoms with Crippen molar-refractivity contribution in [3.63, 3.8) is 0 Å². The van der Waals surface area contributed by atoms with Gasteiger partial charge < -0.3 is 25.4 Å². The summed E-state index contributed by atoms with van der Waals surface area (Å²) in [6, 6.07) is 5.47. The summed E-state index contributed by atoms with van der Waals surface area (Å²) in [4.78, 5) is 23.4. The van der Waals surface area contributed by atoms with Crippen molar-refractivity contribution in [1.82, 2.24) is 4.90 Å². The first-order valence-corrected chi connectivity index (χ1v) is 10.2. The lowest BCUT2D eigenvalue weighted by atomic mass is 10.0. The zero-order valence-corrected chi connectivity index (χ0v) is 18.3. The number of hydrogen-bond acceptors (Lipinski definition) is 7. The average Bonchev–Trinajstić information content (AvgIpc) is 3.07. The Morgan fingerprint density at radius 2 is 2.27 bits per heavy atom. The number of carbonyl (C=O) groups excluding carboxylic acids is 1. The number of amides is 1. The first-order valence-electron chi connectivity index (χ1n) is 9.86. The number of aliphatic imine (C=N–C) groups is 2. The molecule has 2 aliphatic heterocycles. The van der Waals surface area contributed by atoms with Crippen LogP contribution in [0.1, 0.15) is 25.3 Å². The van der Waals surface area contributed by atoms with Gasteiger partial charge in [0.25, 0.3) is 11.9 Å². The molecular formula is C21H28ClN5O3. The van der Waals surface area contributed by atoms with E-state index in [1.807, 2.05) is 26.2 Å². The molecule has 0 fully saturated rings. The van der Waals surface area contributed by atoms with Crippen molar-refractivity contribution in [3.8, 4) is 0 Å². The van der Waals surface area contributed by atoms with Gasteiger partial charge in [-0.05, 0) is 57.3 Å². The normalized spacial score (nSPS) is 23.2. The number of nitrogens with two attached hydrogens (primary N) is 1. The van der Waals surface area contributed by atoms with Crippen molar-refractivity contribution in [3.05, 3.63) is 34.9 Å². The molecule has 0 aromatic heterocycles. The molecule has 0 bridgehead atoms. The summed E-state index contributed by atoms with van der Waals surface area (Å²) in [7, 11) is 4.09. The van der Waals surface area contributed by atoms with Gasteiger partial charge in [0.15, 0.2) is 11.8 Å². The molecule has 2 unspecified atom stereocenters. The number of benzene rings is 1. The van der Waals surface area contributed by atoms with Gasteiger partial charge in [0, 0.05) is 12.6 Å². The smallest absolute Gasteiger partial charge is 0.283 e. The lowest BCUT2D eigenvalue weighted by Gasteiger charge is -2.20. The van der Waals surface area contributed by atoms with Gasteiger partial charge in [0.1, 0.15) is 6.61 Å². The Balaban J connectivity index is 1.62. The minimum atomic E-state index is -1.08. The highest BCUT2D eigenvalue weighted by Crippen LogP contribution is 2.29. The standard InChI is InChI=1S/C21H28ClN5O3/c1-21(13-30-20(23)26-21)19(28)25-17-11-14(5-7-16(17)22)15-6-8-18(24-12-15)29-10-4-9-27(2)3/h5-7,11-12,18H,4,8-10,13H2,1-3H3,(H2,23,26)(H,25,28). The summed E-state index contributed by atoms with van der Waals surface area (Å²) in [5.41, 5.74) is 6.82. The molecule has 0 saturated carbocycles. The maximum absolute atomic E-state index is 12.7. The van der Waals surface area contributed by atoms with Crippen LogP contribution in [0.4, 0.5) is 5.69 Å². The molecule has 1 aromatic rings. The van der Waals surface area contributed by atoms with Crippen LogP contribution in [-0.2, 0) is 14.3 Å². The number of amidine groups is 1. The third kappa shape index (κ3) is 5.59. The Morgan fingerprint density at radius 3 is 2.90 bits per heavy atom. The van der Waals surface area contributed by atoms with Crippen LogP contribution < -0.4 is 11.1 Å². The number of rotatable bonds is 8. The second kappa shape index (κ2) is 9.59. The van der Waals surface area contributed by atoms with E-state index < -0.39 is 5.54 Å². The van der Waals surface area contributed by atoms with E-state index in [0.717, 1.165) is 24.1 Å². The van der Waals surface area contributed by atoms with Crippen LogP contribution in [0.2, 0.25) is 5.02 Å². The Labute approximate surface area is 181 Å². The molecule has 30 heavy (non-hydrogen) atoms. The second-order valence-electron chi connectivity index (χ2n) is 7.82. The summed E-state index contributed by atoms with van der Waals surface area (Å²) in [6.45, 7) is 3.42. The average molecular weight is 434 g/mol. The lowest BCUT2D eigenvalue weighted by Crippen LogP contribution is -2.39. The summed E-state index contributed by atoms with van der Waals surface area (Å²) in [6.07, 6.45) is 5.38. The van der Waals surface area contributed by atoms with Crippen molar-refractivity contribution < 1.29 is 14.3 Å². The highest BCUT2D eigenvalue weighted by Gasteiger charge is 2.39. The predicted octanol–water partition coefficient (Wildman–Crippen LogP) is 2.53. The molecule has 0 aliphatic carbocycles. The highest BCUT2D eigenvalue weighted by molar-refractivity contribution is 6.34. The number of nitrogens with zero attached hydrogens (tertiary/aromatic N) is 3. The third-order valence-corrected chi connectivity index (χ3v) is 5.20. The molecular weight excluding hydrogens is 406 g/mol. The first-order chi connectivity index (χ1) is 14.3. The maximum atomic E-state index is 12.7. The van der Waals surface area contributed by atoms with Crippen LogP contribution in [0.15, 0.2) is 34.3 Å². The lowest BCUT2D eigenvalue weighted by molar-refractivity contribution is -0.120. The van der Waals surface area contributed by atoms with Crippen molar-refractivity contribution in [2.75, 3.05) is 39.2 Å². The van der Waals surface area contributed by atoms with Gasteiger partial charge in [-0.15, -0.1) is 0 Å². The Bertz CT molecular complexity index is 883. The number of allylic oxidation sites excluding steroid dienone is 1. The number of hydrogen-bond donors (Lipinski definition) is 2. The van der Waals surface area contributed by atoms with Crippen molar-refractivity contribution >= 4 is 41.0 Å². The summed E-state index contributed by atoms with van der Waals surface area (Å²) in [5.74, 6) is -0.334. The fraction of sp³-hybridized carbons (Fsp3) is 0.476. The molecule has 2 aliphatic rings. The van der Waals surface area contributed by atoms with Gasteiger partial charge in [0.05, 0.1) is 17.3 Å². The molecule has 0 saturated heterocycles. The van der Waals surface area contributed by atoms with Crippen LogP contribution in [0, 0.1) is 0 Å². The summed E-state index contributed by atoms with van der Waals surface area (Å²) < 4.78 is 10.9. The van der Waals surface area contributed by atoms with Gasteiger partial charge in [0.2, 0.25) is 0 Å². The number of dihydropyridines is 1. The molecule has 2 atom stereocenters. The zero-order valence-electron chi connectivity index (χ0n) is 17.5. The molecule has 3 N–H and O–H groups in total. The van der Waals surface area contributed by atoms with E-state index in [9.17, 15) is 4.79 Å². The molecule has 0 spiro atoms. The fourth-order valence-corrected chi connectivity index (χ4v) is 3.27. The number of halogens is 1. The van der Waals surface area contributed by atoms with Crippen LogP contribution in [0.5, 0.6) is 0 Å². The van der Waals surface area contributed by atoms with Crippen LogP contribution >= 0.6 is 11.6 Å². The van der Waals surface area contributed by atoms with E-state index in [1.54, 1.807) is 19.2 Å². The van der Waals surface area contributed by atoms with Crippen LogP contribution in [-0.4, -0.2) is 68.7 Å². The Kier molecular flexibility index (Phi) is 7.12. The third-order valence-electron chi connectivity index (χ3n) is 4.87. The van der Waals surface area contributed by atoms with E-state index in [2.05, 4.69) is 26.3 Å². The van der Waals surface area contributed by atoms with E-state index in [-0.39, 0.29) is 24.8 Å². The van der Waals surface area contributed by atoms with Crippen molar-refractivity contribution in [2.45, 2.75) is 31.5 Å². The molecule has 1 amide bonds. The maximum Gasteiger partial charge on any atom is 0.283 e. The largest absolute Gasteiger partial charge is 0.462 e. The Hall–Kier alpha value is -2.42. The van der Waals surface area contributed by atoms with Gasteiger partial charge in [-0.2, -0.15) is 0 Å². The number of carbonyl (C=O) groups is 1. The molecule has 8 nitrogen and oxygen atoms in total. The van der Waals surface area contributed by atoms with Gasteiger partial charge in [-0.3, -0.25) is 9.79 Å². The SMILES string of the molecule is CN(C)CCCOC1CC=C(c2ccc(Cl)c(NC(=O)C3(C)COC(N)=N3)c2)C=N1. The number of anilines is 1. The summed E-state index contributed by atoms with van der Waals surface area (Å²) in [5, 5.41) is 3.26. The van der Waals surface area contributed by atoms with E-state index in [1.165, 1.54) is 0 Å². The summed E-state index contributed by atoms with van der Waals surface area (Å²) >= 11 is 6.29. The predicted molar refractivity (Wildman–Crippen MR) is 120 cm³/mol. The van der Waals surface area contributed by atoms with Gasteiger partial charge in [-0.25, -0.2) is 4.99 Å². The number of ether oxygens (including phenoxy) is 2.